The Kier molecular flexibility index (Phi) is 6.96. The van der Waals surface area contributed by atoms with Gasteiger partial charge in [-0.1, -0.05) is 0 Å². The predicted octanol–water partition coefficient (Wildman–Crippen LogP) is 4.89. The first-order chi connectivity index (χ1) is 16.6. The van der Waals surface area contributed by atoms with Crippen LogP contribution in [0.2, 0.25) is 0 Å². The third-order valence-corrected chi connectivity index (χ3v) is 13.7. The first-order valence-electron chi connectivity index (χ1n) is 10.7. The SMILES string of the molecule is CC(=O)Oc1cc(F)c(F)[c]([Ti]([C]2=CC=CC2)([C]2=CC=CC2)[c]2cc(OC(C)=O)cc(F)c2F)c1. The van der Waals surface area contributed by atoms with Crippen molar-refractivity contribution in [3.8, 4) is 11.5 Å². The number of halogens is 4. The molecule has 0 aromatic heterocycles. The van der Waals surface area contributed by atoms with Crippen molar-refractivity contribution >= 4 is 19.7 Å². The van der Waals surface area contributed by atoms with Crippen molar-refractivity contribution in [3.63, 3.8) is 0 Å². The second-order valence-electron chi connectivity index (χ2n) is 8.12. The van der Waals surface area contributed by atoms with Gasteiger partial charge in [0.15, 0.2) is 0 Å². The van der Waals surface area contributed by atoms with Crippen LogP contribution in [0, 0.1) is 23.3 Å². The Morgan fingerprint density at radius 1 is 0.714 bits per heavy atom. The molecule has 0 N–H and O–H groups in total. The van der Waals surface area contributed by atoms with Crippen LogP contribution in [-0.4, -0.2) is 11.9 Å². The van der Waals surface area contributed by atoms with E-state index in [-0.39, 0.29) is 19.2 Å². The number of esters is 2. The van der Waals surface area contributed by atoms with Crippen LogP contribution in [0.3, 0.4) is 0 Å². The zero-order chi connectivity index (χ0) is 25.3. The van der Waals surface area contributed by atoms with Gasteiger partial charge < -0.3 is 0 Å². The van der Waals surface area contributed by atoms with Gasteiger partial charge in [-0.05, 0) is 0 Å². The Labute approximate surface area is 202 Å². The molecule has 4 rings (SSSR count). The molecular weight excluding hydrogens is 500 g/mol. The molecule has 2 aliphatic carbocycles. The van der Waals surface area contributed by atoms with Crippen molar-refractivity contribution < 1.29 is 53.2 Å². The van der Waals surface area contributed by atoms with E-state index in [1.807, 2.05) is 0 Å². The molecular formula is C26H20F4O4Ti. The molecule has 4 nitrogen and oxygen atoms in total. The van der Waals surface area contributed by atoms with Crippen molar-refractivity contribution in [1.29, 1.82) is 0 Å². The summed E-state index contributed by atoms with van der Waals surface area (Å²) in [5.41, 5.74) is 0. The number of benzene rings is 2. The summed E-state index contributed by atoms with van der Waals surface area (Å²) in [6, 6.07) is 3.85. The number of carbonyl (C=O) groups excluding carboxylic acids is 2. The first kappa shape index (κ1) is 24.9. The van der Waals surface area contributed by atoms with Gasteiger partial charge in [-0.2, -0.15) is 0 Å². The normalized spacial score (nSPS) is 14.7. The van der Waals surface area contributed by atoms with Gasteiger partial charge in [0, 0.05) is 0 Å². The summed E-state index contributed by atoms with van der Waals surface area (Å²) in [5.74, 6) is -7.06. The molecule has 0 fully saturated rings. The molecule has 0 radical (unpaired) electrons. The van der Waals surface area contributed by atoms with Gasteiger partial charge >= 0.3 is 203 Å². The number of ether oxygens (including phenoxy) is 2. The second-order valence-corrected chi connectivity index (χ2v) is 14.1. The monoisotopic (exact) mass is 520 g/mol. The molecule has 0 bridgehead atoms. The molecule has 35 heavy (non-hydrogen) atoms. The molecule has 0 saturated heterocycles. The quantitative estimate of drug-likeness (QED) is 0.236. The molecule has 0 unspecified atom stereocenters. The zero-order valence-corrected chi connectivity index (χ0v) is 20.4. The summed E-state index contributed by atoms with van der Waals surface area (Å²) in [7, 11) is 0. The molecule has 2 aliphatic rings. The van der Waals surface area contributed by atoms with E-state index in [4.69, 9.17) is 9.47 Å². The molecule has 0 spiro atoms. The van der Waals surface area contributed by atoms with E-state index in [1.54, 1.807) is 36.5 Å². The standard InChI is InChI=1S/2C8H5F2O2.2C5H5.Ti/c2*1-5(11)12-6-2-3-7(9)8(10)4-6;2*1-2-4-5-3-1;/h2*2,4H,1H3;2*1-3H,4H2;. The summed E-state index contributed by atoms with van der Waals surface area (Å²) < 4.78 is 72.1. The summed E-state index contributed by atoms with van der Waals surface area (Å²) in [6.07, 6.45) is 11.0. The summed E-state index contributed by atoms with van der Waals surface area (Å²) >= 11 is -4.77. The van der Waals surface area contributed by atoms with E-state index in [0.717, 1.165) is 26.0 Å². The average Bonchev–Trinajstić information content (AvgIpc) is 3.49. The van der Waals surface area contributed by atoms with Gasteiger partial charge in [0.25, 0.3) is 0 Å². The van der Waals surface area contributed by atoms with Crippen molar-refractivity contribution in [1.82, 2.24) is 0 Å². The van der Waals surface area contributed by atoms with Crippen LogP contribution in [0.25, 0.3) is 0 Å². The summed E-state index contributed by atoms with van der Waals surface area (Å²) in [5, 5.41) is 0. The van der Waals surface area contributed by atoms with Crippen LogP contribution in [0.1, 0.15) is 26.7 Å². The van der Waals surface area contributed by atoms with Gasteiger partial charge in [-0.15, -0.1) is 0 Å². The van der Waals surface area contributed by atoms with Gasteiger partial charge in [-0.25, -0.2) is 0 Å². The molecule has 0 heterocycles. The van der Waals surface area contributed by atoms with Gasteiger partial charge in [0.1, 0.15) is 0 Å². The average molecular weight is 520 g/mol. The molecule has 2 aromatic rings. The number of hydrogen-bond donors (Lipinski definition) is 0. The van der Waals surface area contributed by atoms with Crippen LogP contribution in [-0.2, 0) is 26.2 Å². The molecule has 0 amide bonds. The van der Waals surface area contributed by atoms with E-state index in [1.165, 1.54) is 12.1 Å². The number of carbonyl (C=O) groups is 2. The third kappa shape index (κ3) is 4.56. The maximum atomic E-state index is 15.7. The van der Waals surface area contributed by atoms with Gasteiger partial charge in [0.05, 0.1) is 0 Å². The topological polar surface area (TPSA) is 52.6 Å². The molecule has 180 valence electrons. The molecule has 0 aliphatic heterocycles. The van der Waals surface area contributed by atoms with E-state index in [9.17, 15) is 18.4 Å². The zero-order valence-electron chi connectivity index (χ0n) is 18.8. The molecule has 9 heteroatoms. The second kappa shape index (κ2) is 9.80. The van der Waals surface area contributed by atoms with Crippen molar-refractivity contribution in [2.75, 3.05) is 0 Å². The molecule has 2 aromatic carbocycles. The summed E-state index contributed by atoms with van der Waals surface area (Å²) in [6.45, 7) is 2.22. The van der Waals surface area contributed by atoms with Crippen molar-refractivity contribution in [3.05, 3.63) is 91.7 Å². The number of allylic oxidation sites excluding steroid dienone is 8. The Balaban J connectivity index is 2.14. The van der Waals surface area contributed by atoms with Gasteiger partial charge in [-0.3, -0.25) is 0 Å². The van der Waals surface area contributed by atoms with Crippen LogP contribution in [0.4, 0.5) is 17.6 Å². The van der Waals surface area contributed by atoms with Crippen LogP contribution in [0.5, 0.6) is 11.5 Å². The predicted molar refractivity (Wildman–Crippen MR) is 118 cm³/mol. The van der Waals surface area contributed by atoms with Crippen LogP contribution < -0.4 is 17.2 Å². The first-order valence-corrected chi connectivity index (χ1v) is 13.8. The van der Waals surface area contributed by atoms with Gasteiger partial charge in [0.2, 0.25) is 0 Å². The van der Waals surface area contributed by atoms with E-state index in [2.05, 4.69) is 0 Å². The Bertz CT molecular complexity index is 1250. The number of rotatable bonds is 6. The fourth-order valence-electron chi connectivity index (χ4n) is 4.62. The van der Waals surface area contributed by atoms with E-state index >= 15 is 8.78 Å². The van der Waals surface area contributed by atoms with Crippen molar-refractivity contribution in [2.24, 2.45) is 0 Å². The van der Waals surface area contributed by atoms with Crippen LogP contribution in [0.15, 0.2) is 68.5 Å². The fraction of sp³-hybridized carbons (Fsp3) is 0.154. The minimum atomic E-state index is -4.77. The maximum absolute atomic E-state index is 15.7. The van der Waals surface area contributed by atoms with E-state index < -0.39 is 51.8 Å². The number of hydrogen-bond acceptors (Lipinski definition) is 4. The third-order valence-electron chi connectivity index (χ3n) is 5.84. The molecule has 0 saturated carbocycles. The Hall–Kier alpha value is -3.23. The Morgan fingerprint density at radius 3 is 1.43 bits per heavy atom. The minimum absolute atomic E-state index is 0.190. The summed E-state index contributed by atoms with van der Waals surface area (Å²) in [4.78, 5) is 23.1. The molecule has 0 atom stereocenters. The van der Waals surface area contributed by atoms with Crippen molar-refractivity contribution in [2.45, 2.75) is 26.7 Å². The Morgan fingerprint density at radius 2 is 1.11 bits per heavy atom. The van der Waals surface area contributed by atoms with Crippen LogP contribution >= 0.6 is 0 Å². The fourth-order valence-corrected chi connectivity index (χ4v) is 12.8. The van der Waals surface area contributed by atoms with E-state index in [0.29, 0.717) is 20.6 Å².